The van der Waals surface area contributed by atoms with Crippen LogP contribution >= 0.6 is 11.8 Å². The van der Waals surface area contributed by atoms with Crippen LogP contribution in [-0.2, 0) is 9.59 Å². The molecule has 0 aromatic carbocycles. The molecule has 0 aliphatic heterocycles. The zero-order valence-corrected chi connectivity index (χ0v) is 15.2. The first kappa shape index (κ1) is 18.9. The lowest BCUT2D eigenvalue weighted by Crippen LogP contribution is -2.15. The van der Waals surface area contributed by atoms with Gasteiger partial charge >= 0.3 is 0 Å². The Bertz CT molecular complexity index is 675. The number of hydrogen-bond acceptors (Lipinski definition) is 5. The minimum absolute atomic E-state index is 0.0704. The van der Waals surface area contributed by atoms with Gasteiger partial charge in [0.2, 0.25) is 11.8 Å². The third-order valence-electron chi connectivity index (χ3n) is 3.31. The molecule has 7 heteroatoms. The molecule has 0 fully saturated rings. The number of hydrogen-bond donors (Lipinski definition) is 2. The summed E-state index contributed by atoms with van der Waals surface area (Å²) in [6.45, 7) is 3.90. The highest BCUT2D eigenvalue weighted by atomic mass is 32.2. The number of nitrogens with one attached hydrogen (secondary N) is 2. The van der Waals surface area contributed by atoms with Crippen molar-refractivity contribution in [3.05, 3.63) is 47.8 Å². The van der Waals surface area contributed by atoms with Gasteiger partial charge in [0.25, 0.3) is 0 Å². The van der Waals surface area contributed by atoms with Gasteiger partial charge in [-0.3, -0.25) is 9.59 Å². The van der Waals surface area contributed by atoms with Gasteiger partial charge in [-0.05, 0) is 49.2 Å². The molecule has 132 valence electrons. The second-order valence-corrected chi connectivity index (χ2v) is 6.87. The minimum atomic E-state index is -0.0704. The number of carbonyl (C=O) groups excluding carboxylic acids is 2. The summed E-state index contributed by atoms with van der Waals surface area (Å²) in [4.78, 5) is 31.9. The average molecular weight is 358 g/mol. The second kappa shape index (κ2) is 9.78. The molecule has 0 radical (unpaired) electrons. The van der Waals surface area contributed by atoms with E-state index >= 15 is 0 Å². The smallest absolute Gasteiger partial charge is 0.226 e. The van der Waals surface area contributed by atoms with Gasteiger partial charge in [-0.25, -0.2) is 9.97 Å². The van der Waals surface area contributed by atoms with Crippen LogP contribution in [0.15, 0.2) is 36.7 Å². The average Bonchev–Trinajstić information content (AvgIpc) is 2.54. The summed E-state index contributed by atoms with van der Waals surface area (Å²) in [6, 6.07) is 7.41. The summed E-state index contributed by atoms with van der Waals surface area (Å²) in [5.74, 6) is 2.32. The third kappa shape index (κ3) is 7.34. The highest BCUT2D eigenvalue weighted by molar-refractivity contribution is 7.99. The van der Waals surface area contributed by atoms with Crippen LogP contribution in [0.4, 0.5) is 11.6 Å². The van der Waals surface area contributed by atoms with E-state index in [0.717, 1.165) is 11.1 Å². The molecule has 6 nitrogen and oxygen atoms in total. The largest absolute Gasteiger partial charge is 0.311 e. The molecular formula is C18H22N4O2S. The van der Waals surface area contributed by atoms with Crippen molar-refractivity contribution in [2.75, 3.05) is 22.1 Å². The molecule has 0 saturated carbocycles. The Labute approximate surface area is 151 Å². The molecule has 0 aliphatic rings. The van der Waals surface area contributed by atoms with Crippen LogP contribution in [0.25, 0.3) is 0 Å². The lowest BCUT2D eigenvalue weighted by Gasteiger charge is -2.06. The maximum atomic E-state index is 11.8. The Balaban J connectivity index is 1.59. The predicted octanol–water partition coefficient (Wildman–Crippen LogP) is 3.18. The van der Waals surface area contributed by atoms with Gasteiger partial charge in [0.05, 0.1) is 0 Å². The molecule has 2 amide bonds. The van der Waals surface area contributed by atoms with Crippen molar-refractivity contribution in [3.8, 4) is 0 Å². The summed E-state index contributed by atoms with van der Waals surface area (Å²) in [5, 5.41) is 5.54. The van der Waals surface area contributed by atoms with Gasteiger partial charge in [-0.15, -0.1) is 0 Å². The van der Waals surface area contributed by atoms with Gasteiger partial charge in [0.15, 0.2) is 0 Å². The van der Waals surface area contributed by atoms with Crippen molar-refractivity contribution in [2.24, 2.45) is 0 Å². The van der Waals surface area contributed by atoms with Crippen molar-refractivity contribution < 1.29 is 9.59 Å². The van der Waals surface area contributed by atoms with E-state index in [1.165, 1.54) is 0 Å². The van der Waals surface area contributed by atoms with Crippen LogP contribution in [-0.4, -0.2) is 33.3 Å². The number of pyridine rings is 2. The molecule has 25 heavy (non-hydrogen) atoms. The third-order valence-corrected chi connectivity index (χ3v) is 4.30. The second-order valence-electron chi connectivity index (χ2n) is 5.65. The first-order valence-corrected chi connectivity index (χ1v) is 9.21. The summed E-state index contributed by atoms with van der Waals surface area (Å²) in [5.41, 5.74) is 2.10. The lowest BCUT2D eigenvalue weighted by atomic mass is 10.3. The van der Waals surface area contributed by atoms with E-state index in [4.69, 9.17) is 0 Å². The van der Waals surface area contributed by atoms with E-state index in [-0.39, 0.29) is 11.8 Å². The number of thioether (sulfide) groups is 1. The molecule has 2 rings (SSSR count). The summed E-state index contributed by atoms with van der Waals surface area (Å²) < 4.78 is 0. The lowest BCUT2D eigenvalue weighted by molar-refractivity contribution is -0.116. The van der Waals surface area contributed by atoms with Crippen molar-refractivity contribution in [1.82, 2.24) is 9.97 Å². The van der Waals surface area contributed by atoms with Gasteiger partial charge < -0.3 is 10.6 Å². The fourth-order valence-corrected chi connectivity index (χ4v) is 2.92. The van der Waals surface area contributed by atoms with E-state index in [9.17, 15) is 9.59 Å². The Morgan fingerprint density at radius 3 is 1.72 bits per heavy atom. The first-order chi connectivity index (χ1) is 12.0. The molecule has 0 atom stereocenters. The summed E-state index contributed by atoms with van der Waals surface area (Å²) >= 11 is 1.57. The molecule has 2 heterocycles. The fraction of sp³-hybridized carbons (Fsp3) is 0.333. The van der Waals surface area contributed by atoms with E-state index in [0.29, 0.717) is 36.0 Å². The molecule has 0 bridgehead atoms. The minimum Gasteiger partial charge on any atom is -0.311 e. The van der Waals surface area contributed by atoms with E-state index in [1.807, 2.05) is 38.1 Å². The molecule has 0 saturated heterocycles. The zero-order chi connectivity index (χ0) is 18.1. The monoisotopic (exact) mass is 358 g/mol. The number of aromatic nitrogens is 2. The van der Waals surface area contributed by atoms with Gasteiger partial charge in [0, 0.05) is 36.7 Å². The molecule has 2 aromatic rings. The standard InChI is InChI=1S/C18H22N4O2S/c1-13-3-7-19-15(11-13)21-17(23)5-9-25-10-6-18(24)22-16-12-14(2)4-8-20-16/h3-4,7-8,11-12H,5-6,9-10H2,1-2H3,(H,19,21,23)(H,20,22,24). The Morgan fingerprint density at radius 2 is 1.32 bits per heavy atom. The number of nitrogens with zero attached hydrogens (tertiary/aromatic N) is 2. The van der Waals surface area contributed by atoms with E-state index in [2.05, 4.69) is 20.6 Å². The molecule has 2 aromatic heterocycles. The number of carbonyl (C=O) groups is 2. The van der Waals surface area contributed by atoms with Crippen molar-refractivity contribution >= 4 is 35.2 Å². The maximum absolute atomic E-state index is 11.8. The topological polar surface area (TPSA) is 84.0 Å². The van der Waals surface area contributed by atoms with E-state index < -0.39 is 0 Å². The van der Waals surface area contributed by atoms with Gasteiger partial charge in [-0.2, -0.15) is 11.8 Å². The number of amides is 2. The molecule has 0 unspecified atom stereocenters. The summed E-state index contributed by atoms with van der Waals surface area (Å²) in [7, 11) is 0. The molecule has 0 aliphatic carbocycles. The van der Waals surface area contributed by atoms with Crippen LogP contribution in [0.2, 0.25) is 0 Å². The number of anilines is 2. The highest BCUT2D eigenvalue weighted by Gasteiger charge is 2.06. The van der Waals surface area contributed by atoms with Crippen LogP contribution < -0.4 is 10.6 Å². The normalized spacial score (nSPS) is 10.3. The summed E-state index contributed by atoms with van der Waals surface area (Å²) in [6.07, 6.45) is 4.12. The van der Waals surface area contributed by atoms with Gasteiger partial charge in [0.1, 0.15) is 11.6 Å². The Kier molecular flexibility index (Phi) is 7.40. The van der Waals surface area contributed by atoms with Crippen molar-refractivity contribution in [1.29, 1.82) is 0 Å². The zero-order valence-electron chi connectivity index (χ0n) is 14.4. The predicted molar refractivity (Wildman–Crippen MR) is 102 cm³/mol. The quantitative estimate of drug-likeness (QED) is 0.708. The number of rotatable bonds is 8. The van der Waals surface area contributed by atoms with Crippen LogP contribution in [0.3, 0.4) is 0 Å². The van der Waals surface area contributed by atoms with Crippen LogP contribution in [0.5, 0.6) is 0 Å². The molecule has 2 N–H and O–H groups in total. The molecular weight excluding hydrogens is 336 g/mol. The van der Waals surface area contributed by atoms with Crippen LogP contribution in [0.1, 0.15) is 24.0 Å². The maximum Gasteiger partial charge on any atom is 0.226 e. The Morgan fingerprint density at radius 1 is 0.880 bits per heavy atom. The van der Waals surface area contributed by atoms with E-state index in [1.54, 1.807) is 24.2 Å². The molecule has 0 spiro atoms. The fourth-order valence-electron chi connectivity index (χ4n) is 2.05. The van der Waals surface area contributed by atoms with Gasteiger partial charge in [-0.1, -0.05) is 0 Å². The first-order valence-electron chi connectivity index (χ1n) is 8.06. The highest BCUT2D eigenvalue weighted by Crippen LogP contribution is 2.10. The van der Waals surface area contributed by atoms with Crippen LogP contribution in [0, 0.1) is 13.8 Å². The van der Waals surface area contributed by atoms with Crippen molar-refractivity contribution in [2.45, 2.75) is 26.7 Å². The number of aryl methyl sites for hydroxylation is 2. The van der Waals surface area contributed by atoms with Crippen molar-refractivity contribution in [3.63, 3.8) is 0 Å². The SMILES string of the molecule is Cc1ccnc(NC(=O)CCSCCC(=O)Nc2cc(C)ccn2)c1. The Hall–Kier alpha value is -2.41.